The smallest absolute Gasteiger partial charge is 0.241 e. The number of aryl methyl sites for hydroxylation is 3. The number of rotatable bonds is 4. The van der Waals surface area contributed by atoms with Crippen LogP contribution in [0.5, 0.6) is 0 Å². The molecule has 1 unspecified atom stereocenters. The van der Waals surface area contributed by atoms with Gasteiger partial charge < -0.3 is 10.2 Å². The normalized spacial score (nSPS) is 16.3. The molecule has 0 radical (unpaired) electrons. The molecule has 2 aromatic rings. The van der Waals surface area contributed by atoms with E-state index in [1.165, 1.54) is 11.3 Å². The Morgan fingerprint density at radius 1 is 1.04 bits per heavy atom. The Morgan fingerprint density at radius 2 is 1.74 bits per heavy atom. The minimum atomic E-state index is -0.193. The summed E-state index contributed by atoms with van der Waals surface area (Å²) in [4.78, 5) is 17.4. The van der Waals surface area contributed by atoms with Crippen LogP contribution >= 0.6 is 11.6 Å². The Hall–Kier alpha value is -2.04. The third-order valence-corrected chi connectivity index (χ3v) is 5.59. The number of anilines is 2. The van der Waals surface area contributed by atoms with Gasteiger partial charge in [-0.05, 0) is 62.6 Å². The highest BCUT2D eigenvalue weighted by Gasteiger charge is 2.26. The summed E-state index contributed by atoms with van der Waals surface area (Å²) in [6.45, 7) is 11.6. The van der Waals surface area contributed by atoms with E-state index in [1.54, 1.807) is 0 Å². The fraction of sp³-hybridized carbons (Fsp3) is 0.409. The summed E-state index contributed by atoms with van der Waals surface area (Å²) in [5.41, 5.74) is 5.33. The van der Waals surface area contributed by atoms with Crippen LogP contribution in [0, 0.1) is 20.8 Å². The molecule has 0 spiro atoms. The molecule has 0 bridgehead atoms. The van der Waals surface area contributed by atoms with Gasteiger partial charge in [0.05, 0.1) is 16.8 Å². The largest absolute Gasteiger partial charge is 0.369 e. The van der Waals surface area contributed by atoms with E-state index in [0.717, 1.165) is 43.0 Å². The fourth-order valence-corrected chi connectivity index (χ4v) is 4.03. The van der Waals surface area contributed by atoms with Gasteiger partial charge in [-0.25, -0.2) is 0 Å². The lowest BCUT2D eigenvalue weighted by molar-refractivity contribution is -0.120. The van der Waals surface area contributed by atoms with E-state index in [-0.39, 0.29) is 11.9 Å². The Kier molecular flexibility index (Phi) is 6.08. The topological polar surface area (TPSA) is 35.6 Å². The molecule has 1 aliphatic heterocycles. The van der Waals surface area contributed by atoms with Crippen molar-refractivity contribution in [1.82, 2.24) is 4.90 Å². The highest BCUT2D eigenvalue weighted by Crippen LogP contribution is 2.28. The van der Waals surface area contributed by atoms with Crippen LogP contribution in [-0.2, 0) is 4.79 Å². The first-order valence-corrected chi connectivity index (χ1v) is 9.86. The van der Waals surface area contributed by atoms with Crippen LogP contribution in [0.25, 0.3) is 0 Å². The van der Waals surface area contributed by atoms with E-state index in [4.69, 9.17) is 11.6 Å². The van der Waals surface area contributed by atoms with Gasteiger partial charge in [0.2, 0.25) is 5.91 Å². The molecule has 4 nitrogen and oxygen atoms in total. The molecule has 5 heteroatoms. The average molecular weight is 386 g/mol. The Balaban J connectivity index is 1.60. The second-order valence-corrected chi connectivity index (χ2v) is 7.87. The van der Waals surface area contributed by atoms with Crippen LogP contribution in [0.3, 0.4) is 0 Å². The monoisotopic (exact) mass is 385 g/mol. The molecule has 0 aromatic heterocycles. The molecule has 3 rings (SSSR count). The van der Waals surface area contributed by atoms with Crippen molar-refractivity contribution in [1.29, 1.82) is 0 Å². The van der Waals surface area contributed by atoms with Crippen molar-refractivity contribution in [2.75, 3.05) is 36.4 Å². The van der Waals surface area contributed by atoms with Gasteiger partial charge in [0, 0.05) is 31.9 Å². The molecule has 0 aliphatic carbocycles. The predicted octanol–water partition coefficient (Wildman–Crippen LogP) is 4.41. The number of piperazine rings is 1. The quantitative estimate of drug-likeness (QED) is 0.846. The number of halogens is 1. The number of amides is 1. The lowest BCUT2D eigenvalue weighted by Crippen LogP contribution is -2.52. The van der Waals surface area contributed by atoms with Crippen LogP contribution in [0.4, 0.5) is 11.4 Å². The van der Waals surface area contributed by atoms with E-state index in [0.29, 0.717) is 5.02 Å². The van der Waals surface area contributed by atoms with Gasteiger partial charge in [0.15, 0.2) is 0 Å². The van der Waals surface area contributed by atoms with Gasteiger partial charge in [-0.2, -0.15) is 0 Å². The number of nitrogens with one attached hydrogen (secondary N) is 1. The molecule has 144 valence electrons. The van der Waals surface area contributed by atoms with E-state index < -0.39 is 0 Å². The summed E-state index contributed by atoms with van der Waals surface area (Å²) in [5.74, 6) is -0.00661. The first-order chi connectivity index (χ1) is 12.8. The van der Waals surface area contributed by atoms with Gasteiger partial charge in [0.25, 0.3) is 0 Å². The van der Waals surface area contributed by atoms with E-state index in [1.807, 2.05) is 32.9 Å². The molecule has 0 saturated carbocycles. The van der Waals surface area contributed by atoms with Crippen LogP contribution in [0.1, 0.15) is 23.6 Å². The predicted molar refractivity (Wildman–Crippen MR) is 114 cm³/mol. The Bertz CT molecular complexity index is 805. The van der Waals surface area contributed by atoms with Gasteiger partial charge in [-0.15, -0.1) is 0 Å². The molecular weight excluding hydrogens is 358 g/mol. The van der Waals surface area contributed by atoms with Crippen LogP contribution in [0.2, 0.25) is 5.02 Å². The molecule has 1 heterocycles. The first-order valence-electron chi connectivity index (χ1n) is 9.48. The van der Waals surface area contributed by atoms with Crippen molar-refractivity contribution in [3.63, 3.8) is 0 Å². The second kappa shape index (κ2) is 8.32. The molecule has 1 N–H and O–H groups in total. The number of hydrogen-bond acceptors (Lipinski definition) is 3. The summed E-state index contributed by atoms with van der Waals surface area (Å²) in [6, 6.07) is 12.3. The maximum absolute atomic E-state index is 12.8. The van der Waals surface area contributed by atoms with Crippen LogP contribution in [0.15, 0.2) is 36.4 Å². The van der Waals surface area contributed by atoms with E-state index in [2.05, 4.69) is 46.3 Å². The van der Waals surface area contributed by atoms with Crippen molar-refractivity contribution in [2.24, 2.45) is 0 Å². The Labute approximate surface area is 167 Å². The van der Waals surface area contributed by atoms with Crippen molar-refractivity contribution >= 4 is 28.9 Å². The van der Waals surface area contributed by atoms with Gasteiger partial charge in [-0.1, -0.05) is 29.8 Å². The van der Waals surface area contributed by atoms with Crippen molar-refractivity contribution < 1.29 is 4.79 Å². The highest BCUT2D eigenvalue weighted by atomic mass is 35.5. The molecule has 1 aliphatic rings. The maximum Gasteiger partial charge on any atom is 0.241 e. The zero-order valence-electron chi connectivity index (χ0n) is 16.6. The molecular formula is C22H28ClN3O. The summed E-state index contributed by atoms with van der Waals surface area (Å²) in [7, 11) is 0. The summed E-state index contributed by atoms with van der Waals surface area (Å²) in [5, 5.41) is 3.62. The molecule has 1 saturated heterocycles. The van der Waals surface area contributed by atoms with Gasteiger partial charge >= 0.3 is 0 Å². The summed E-state index contributed by atoms with van der Waals surface area (Å²) < 4.78 is 0. The van der Waals surface area contributed by atoms with Crippen molar-refractivity contribution in [3.8, 4) is 0 Å². The third-order valence-electron chi connectivity index (χ3n) is 5.29. The second-order valence-electron chi connectivity index (χ2n) is 7.47. The van der Waals surface area contributed by atoms with Crippen molar-refractivity contribution in [2.45, 2.75) is 33.7 Å². The fourth-order valence-electron chi connectivity index (χ4n) is 3.66. The molecule has 27 heavy (non-hydrogen) atoms. The first kappa shape index (κ1) is 19.7. The van der Waals surface area contributed by atoms with E-state index >= 15 is 0 Å². The van der Waals surface area contributed by atoms with Gasteiger partial charge in [-0.3, -0.25) is 9.69 Å². The van der Waals surface area contributed by atoms with Crippen molar-refractivity contribution in [3.05, 3.63) is 58.1 Å². The lowest BCUT2D eigenvalue weighted by atomic mass is 10.1. The molecule has 1 fully saturated rings. The number of hydrogen-bond donors (Lipinski definition) is 1. The summed E-state index contributed by atoms with van der Waals surface area (Å²) >= 11 is 6.33. The minimum absolute atomic E-state index is 0.00661. The molecule has 1 amide bonds. The molecule has 2 aromatic carbocycles. The highest BCUT2D eigenvalue weighted by molar-refractivity contribution is 6.34. The summed E-state index contributed by atoms with van der Waals surface area (Å²) in [6.07, 6.45) is 0. The number of carbonyl (C=O) groups excluding carboxylic acids is 1. The zero-order chi connectivity index (χ0) is 19.6. The van der Waals surface area contributed by atoms with Crippen LogP contribution in [-0.4, -0.2) is 43.0 Å². The zero-order valence-corrected chi connectivity index (χ0v) is 17.3. The number of nitrogens with zero attached hydrogens (tertiary/aromatic N) is 2. The minimum Gasteiger partial charge on any atom is -0.369 e. The molecule has 1 atom stereocenters. The van der Waals surface area contributed by atoms with E-state index in [9.17, 15) is 4.79 Å². The third kappa shape index (κ3) is 4.63. The average Bonchev–Trinajstić information content (AvgIpc) is 2.64. The number of benzene rings is 2. The Morgan fingerprint density at radius 3 is 2.37 bits per heavy atom. The maximum atomic E-state index is 12.8. The lowest BCUT2D eigenvalue weighted by Gasteiger charge is -2.38. The SMILES string of the molecule is Cc1cccc(N2CCN(C(C)C(=O)Nc3c(C)cc(C)cc3Cl)CC2)c1. The van der Waals surface area contributed by atoms with Crippen LogP contribution < -0.4 is 10.2 Å². The van der Waals surface area contributed by atoms with Gasteiger partial charge in [0.1, 0.15) is 0 Å². The standard InChI is InChI=1S/C22H28ClN3O/c1-15-6-5-7-19(13-15)26-10-8-25(9-11-26)18(4)22(27)24-21-17(3)12-16(2)14-20(21)23/h5-7,12-14,18H,8-11H2,1-4H3,(H,24,27). The number of carbonyl (C=O) groups is 1.